The first-order chi connectivity index (χ1) is 11.4. The molecule has 1 amide bonds. The molecule has 0 aromatic rings. The molecule has 136 valence electrons. The lowest BCUT2D eigenvalue weighted by atomic mass is 10.2. The van der Waals surface area contributed by atoms with Gasteiger partial charge in [0, 0.05) is 26.1 Å². The second kappa shape index (κ2) is 13.6. The lowest BCUT2D eigenvalue weighted by molar-refractivity contribution is 0.0246. The van der Waals surface area contributed by atoms with Gasteiger partial charge in [0.15, 0.2) is 0 Å². The fraction of sp³-hybridized carbons (Fsp3) is 0.824. The maximum atomic E-state index is 12.3. The molecule has 24 heavy (non-hydrogen) atoms. The SMILES string of the molecule is [C-]#[N+]CCNCCCN(CCCNCCC#N)C(=O)OC(C)(C)C. The van der Waals surface area contributed by atoms with E-state index in [1.54, 1.807) is 4.90 Å². The van der Waals surface area contributed by atoms with Crippen molar-refractivity contribution in [2.24, 2.45) is 0 Å². The van der Waals surface area contributed by atoms with Crippen LogP contribution in [0.3, 0.4) is 0 Å². The molecule has 0 spiro atoms. The van der Waals surface area contributed by atoms with Crippen LogP contribution in [0, 0.1) is 17.9 Å². The fourth-order valence-electron chi connectivity index (χ4n) is 1.94. The van der Waals surface area contributed by atoms with Gasteiger partial charge >= 0.3 is 6.09 Å². The Morgan fingerprint density at radius 3 is 2.25 bits per heavy atom. The van der Waals surface area contributed by atoms with Crippen LogP contribution in [0.2, 0.25) is 0 Å². The van der Waals surface area contributed by atoms with Crippen LogP contribution in [0.5, 0.6) is 0 Å². The molecule has 0 aliphatic heterocycles. The van der Waals surface area contributed by atoms with Crippen molar-refractivity contribution in [2.45, 2.75) is 45.6 Å². The van der Waals surface area contributed by atoms with Gasteiger partial charge < -0.3 is 25.1 Å². The summed E-state index contributed by atoms with van der Waals surface area (Å²) >= 11 is 0. The number of nitriles is 1. The zero-order chi connectivity index (χ0) is 18.3. The van der Waals surface area contributed by atoms with E-state index >= 15 is 0 Å². The molecule has 0 radical (unpaired) electrons. The molecule has 0 saturated heterocycles. The maximum Gasteiger partial charge on any atom is 0.410 e. The molecule has 7 nitrogen and oxygen atoms in total. The van der Waals surface area contributed by atoms with Crippen LogP contribution in [0.15, 0.2) is 0 Å². The van der Waals surface area contributed by atoms with E-state index in [0.29, 0.717) is 39.1 Å². The first-order valence-corrected chi connectivity index (χ1v) is 8.50. The molecule has 0 bridgehead atoms. The van der Waals surface area contributed by atoms with E-state index in [0.717, 1.165) is 25.9 Å². The van der Waals surface area contributed by atoms with Crippen molar-refractivity contribution in [3.05, 3.63) is 11.4 Å². The molecule has 0 saturated carbocycles. The molecule has 7 heteroatoms. The molecule has 0 aliphatic carbocycles. The number of carbonyl (C=O) groups excluding carboxylic acids is 1. The van der Waals surface area contributed by atoms with Gasteiger partial charge in [-0.2, -0.15) is 5.26 Å². The number of rotatable bonds is 12. The lowest BCUT2D eigenvalue weighted by Crippen LogP contribution is -2.39. The molecule has 2 N–H and O–H groups in total. The number of hydrogen-bond donors (Lipinski definition) is 2. The Morgan fingerprint density at radius 1 is 1.17 bits per heavy atom. The van der Waals surface area contributed by atoms with Gasteiger partial charge in [0.25, 0.3) is 0 Å². The van der Waals surface area contributed by atoms with Gasteiger partial charge in [-0.1, -0.05) is 0 Å². The third-order valence-corrected chi connectivity index (χ3v) is 3.03. The van der Waals surface area contributed by atoms with Crippen molar-refractivity contribution in [1.82, 2.24) is 15.5 Å². The number of nitrogens with one attached hydrogen (secondary N) is 2. The van der Waals surface area contributed by atoms with Crippen molar-refractivity contribution in [2.75, 3.05) is 45.8 Å². The summed E-state index contributed by atoms with van der Waals surface area (Å²) in [4.78, 5) is 17.3. The highest BCUT2D eigenvalue weighted by Gasteiger charge is 2.21. The Hall–Kier alpha value is -1.83. The predicted octanol–water partition coefficient (Wildman–Crippen LogP) is 2.02. The van der Waals surface area contributed by atoms with E-state index in [2.05, 4.69) is 21.5 Å². The van der Waals surface area contributed by atoms with Crippen molar-refractivity contribution >= 4 is 6.09 Å². The standard InChI is InChI=1S/C17H31N5O2/c1-17(2,3)24-16(23)22(14-6-10-20-9-5-8-18)15-7-11-21-13-12-19-4/h20-21H,5-7,9-15H2,1-3H3. The summed E-state index contributed by atoms with van der Waals surface area (Å²) < 4.78 is 5.45. The highest BCUT2D eigenvalue weighted by molar-refractivity contribution is 5.68. The molecule has 0 unspecified atom stereocenters. The Morgan fingerprint density at radius 2 is 1.75 bits per heavy atom. The van der Waals surface area contributed by atoms with Crippen LogP contribution in [0.1, 0.15) is 40.0 Å². The topological polar surface area (TPSA) is 81.8 Å². The first kappa shape index (κ1) is 22.2. The summed E-state index contributed by atoms with van der Waals surface area (Å²) in [5.41, 5.74) is -0.506. The molecular weight excluding hydrogens is 306 g/mol. The van der Waals surface area contributed by atoms with Crippen molar-refractivity contribution in [3.63, 3.8) is 0 Å². The van der Waals surface area contributed by atoms with Gasteiger partial charge in [-0.3, -0.25) is 0 Å². The predicted molar refractivity (Wildman–Crippen MR) is 94.5 cm³/mol. The molecule has 0 aromatic heterocycles. The summed E-state index contributed by atoms with van der Waals surface area (Å²) in [5.74, 6) is 0. The van der Waals surface area contributed by atoms with E-state index in [9.17, 15) is 4.79 Å². The van der Waals surface area contributed by atoms with E-state index < -0.39 is 5.60 Å². The van der Waals surface area contributed by atoms with E-state index in [-0.39, 0.29) is 6.09 Å². The van der Waals surface area contributed by atoms with Crippen LogP contribution in [0.4, 0.5) is 4.79 Å². The fourth-order valence-corrected chi connectivity index (χ4v) is 1.94. The van der Waals surface area contributed by atoms with Crippen LogP contribution in [0.25, 0.3) is 4.85 Å². The normalized spacial score (nSPS) is 10.7. The summed E-state index contributed by atoms with van der Waals surface area (Å²) in [6.07, 6.45) is 1.83. The summed E-state index contributed by atoms with van der Waals surface area (Å²) in [7, 11) is 0. The monoisotopic (exact) mass is 337 g/mol. The average molecular weight is 337 g/mol. The lowest BCUT2D eigenvalue weighted by Gasteiger charge is -2.27. The third-order valence-electron chi connectivity index (χ3n) is 3.03. The molecular formula is C17H31N5O2. The molecule has 0 atom stereocenters. The average Bonchev–Trinajstić information content (AvgIpc) is 2.50. The van der Waals surface area contributed by atoms with Crippen LogP contribution < -0.4 is 10.6 Å². The smallest absolute Gasteiger partial charge is 0.410 e. The number of ether oxygens (including phenoxy) is 1. The minimum absolute atomic E-state index is 0.291. The molecule has 0 fully saturated rings. The van der Waals surface area contributed by atoms with Gasteiger partial charge in [0.05, 0.1) is 12.6 Å². The number of carbonyl (C=O) groups is 1. The van der Waals surface area contributed by atoms with Gasteiger partial charge in [-0.25, -0.2) is 11.4 Å². The van der Waals surface area contributed by atoms with E-state index in [1.165, 1.54) is 0 Å². The second-order valence-corrected chi connectivity index (χ2v) is 6.46. The molecule has 0 heterocycles. The number of nitrogens with zero attached hydrogens (tertiary/aromatic N) is 3. The Labute approximate surface area is 146 Å². The van der Waals surface area contributed by atoms with Gasteiger partial charge in [-0.15, -0.1) is 0 Å². The highest BCUT2D eigenvalue weighted by Crippen LogP contribution is 2.10. The summed E-state index contributed by atoms with van der Waals surface area (Å²) in [5, 5.41) is 14.8. The zero-order valence-electron chi connectivity index (χ0n) is 15.2. The van der Waals surface area contributed by atoms with Crippen molar-refractivity contribution in [1.29, 1.82) is 5.26 Å². The Kier molecular flexibility index (Phi) is 12.6. The zero-order valence-corrected chi connectivity index (χ0v) is 15.2. The Balaban J connectivity index is 4.17. The summed E-state index contributed by atoms with van der Waals surface area (Å²) in [6, 6.07) is 2.09. The van der Waals surface area contributed by atoms with Crippen molar-refractivity contribution < 1.29 is 9.53 Å². The molecule has 0 aromatic carbocycles. The quantitative estimate of drug-likeness (QED) is 0.420. The Bertz CT molecular complexity index is 394. The minimum Gasteiger partial charge on any atom is -0.444 e. The highest BCUT2D eigenvalue weighted by atomic mass is 16.6. The van der Waals surface area contributed by atoms with Crippen LogP contribution in [-0.4, -0.2) is 62.4 Å². The van der Waals surface area contributed by atoms with Gasteiger partial charge in [-0.05, 0) is 46.7 Å². The van der Waals surface area contributed by atoms with Gasteiger partial charge in [0.1, 0.15) is 5.60 Å². The van der Waals surface area contributed by atoms with Gasteiger partial charge in [0.2, 0.25) is 6.54 Å². The summed E-state index contributed by atoms with van der Waals surface area (Å²) in [6.45, 7) is 16.9. The number of hydrogen-bond acceptors (Lipinski definition) is 5. The molecule has 0 aliphatic rings. The third kappa shape index (κ3) is 13.8. The number of amides is 1. The maximum absolute atomic E-state index is 12.3. The van der Waals surface area contributed by atoms with Crippen molar-refractivity contribution in [3.8, 4) is 6.07 Å². The molecule has 0 rings (SSSR count). The largest absolute Gasteiger partial charge is 0.444 e. The van der Waals surface area contributed by atoms with Crippen LogP contribution >= 0.6 is 0 Å². The minimum atomic E-state index is -0.506. The van der Waals surface area contributed by atoms with E-state index in [4.69, 9.17) is 16.6 Å². The second-order valence-electron chi connectivity index (χ2n) is 6.46. The van der Waals surface area contributed by atoms with Crippen LogP contribution in [-0.2, 0) is 4.74 Å². The first-order valence-electron chi connectivity index (χ1n) is 8.50. The van der Waals surface area contributed by atoms with E-state index in [1.807, 2.05) is 20.8 Å².